The first kappa shape index (κ1) is 28.4. The molecule has 0 aliphatic heterocycles. The third kappa shape index (κ3) is 9.80. The second kappa shape index (κ2) is 14.5. The first-order valence-corrected chi connectivity index (χ1v) is 12.0. The standard InChI is InChI=1S/C22H34N4O6S/c1-13(2)18(23)21(30)26-17(12-27)20(29)25-16(11-14-7-5-4-6-8-14)19(28)24-15(22(31)32)9-10-33-3/h4-8,13,15-18,27H,9-12,23H2,1-3H3,(H,24,28)(H,25,29)(H,26,30)(H,31,32). The zero-order valence-corrected chi connectivity index (χ0v) is 19.9. The van der Waals surface area contributed by atoms with Gasteiger partial charge in [0.1, 0.15) is 18.1 Å². The number of thioether (sulfide) groups is 1. The van der Waals surface area contributed by atoms with Gasteiger partial charge in [0.25, 0.3) is 0 Å². The highest BCUT2D eigenvalue weighted by Gasteiger charge is 2.30. The van der Waals surface area contributed by atoms with Crippen LogP contribution in [0.25, 0.3) is 0 Å². The van der Waals surface area contributed by atoms with Crippen LogP contribution in [0.1, 0.15) is 25.8 Å². The van der Waals surface area contributed by atoms with E-state index in [-0.39, 0.29) is 18.8 Å². The molecule has 4 atom stereocenters. The highest BCUT2D eigenvalue weighted by Crippen LogP contribution is 2.07. The van der Waals surface area contributed by atoms with E-state index in [9.17, 15) is 29.4 Å². The summed E-state index contributed by atoms with van der Waals surface area (Å²) in [4.78, 5) is 49.4. The number of hydrogen-bond acceptors (Lipinski definition) is 7. The van der Waals surface area contributed by atoms with Crippen LogP contribution in [0, 0.1) is 5.92 Å². The molecule has 10 nitrogen and oxygen atoms in total. The summed E-state index contributed by atoms with van der Waals surface area (Å²) in [7, 11) is 0. The monoisotopic (exact) mass is 482 g/mol. The Kier molecular flexibility index (Phi) is 12.5. The molecule has 0 saturated heterocycles. The number of carbonyl (C=O) groups is 4. The minimum Gasteiger partial charge on any atom is -0.480 e. The summed E-state index contributed by atoms with van der Waals surface area (Å²) in [6, 6.07) is 4.45. The number of amides is 3. The summed E-state index contributed by atoms with van der Waals surface area (Å²) in [6.45, 7) is 2.79. The Morgan fingerprint density at radius 3 is 2.00 bits per heavy atom. The van der Waals surface area contributed by atoms with Crippen molar-refractivity contribution in [2.75, 3.05) is 18.6 Å². The Morgan fingerprint density at radius 2 is 1.48 bits per heavy atom. The van der Waals surface area contributed by atoms with Gasteiger partial charge in [-0.1, -0.05) is 44.2 Å². The van der Waals surface area contributed by atoms with Crippen molar-refractivity contribution in [3.05, 3.63) is 35.9 Å². The highest BCUT2D eigenvalue weighted by molar-refractivity contribution is 7.98. The molecule has 4 unspecified atom stereocenters. The minimum atomic E-state index is -1.32. The van der Waals surface area contributed by atoms with E-state index < -0.39 is 54.5 Å². The predicted octanol–water partition coefficient (Wildman–Crippen LogP) is -0.503. The minimum absolute atomic E-state index is 0.0882. The van der Waals surface area contributed by atoms with Crippen LogP contribution in [0.3, 0.4) is 0 Å². The lowest BCUT2D eigenvalue weighted by atomic mass is 10.0. The summed E-state index contributed by atoms with van der Waals surface area (Å²) >= 11 is 1.45. The number of aliphatic carboxylic acids is 1. The Labute approximate surface area is 198 Å². The Morgan fingerprint density at radius 1 is 0.939 bits per heavy atom. The van der Waals surface area contributed by atoms with Crippen LogP contribution in [-0.2, 0) is 25.6 Å². The second-order valence-corrected chi connectivity index (χ2v) is 8.93. The van der Waals surface area contributed by atoms with Crippen LogP contribution in [0.5, 0.6) is 0 Å². The van der Waals surface area contributed by atoms with Gasteiger partial charge in [-0.15, -0.1) is 0 Å². The SMILES string of the molecule is CSCCC(NC(=O)C(Cc1ccccc1)NC(=O)C(CO)NC(=O)C(N)C(C)C)C(=O)O. The second-order valence-electron chi connectivity index (χ2n) is 7.95. The molecular formula is C22H34N4O6S. The number of benzene rings is 1. The average molecular weight is 483 g/mol. The van der Waals surface area contributed by atoms with Gasteiger partial charge in [0.15, 0.2) is 0 Å². The maximum absolute atomic E-state index is 12.9. The van der Waals surface area contributed by atoms with E-state index >= 15 is 0 Å². The van der Waals surface area contributed by atoms with Gasteiger partial charge in [0.05, 0.1) is 12.6 Å². The van der Waals surface area contributed by atoms with Gasteiger partial charge in [-0.25, -0.2) is 4.79 Å². The molecule has 184 valence electrons. The molecule has 7 N–H and O–H groups in total. The van der Waals surface area contributed by atoms with E-state index in [1.165, 1.54) is 11.8 Å². The molecule has 0 aliphatic carbocycles. The molecule has 0 aliphatic rings. The number of carboxylic acids is 1. The van der Waals surface area contributed by atoms with E-state index in [1.807, 2.05) is 6.26 Å². The van der Waals surface area contributed by atoms with Crippen LogP contribution in [0.4, 0.5) is 0 Å². The molecule has 11 heteroatoms. The van der Waals surface area contributed by atoms with Gasteiger partial charge in [0, 0.05) is 6.42 Å². The van der Waals surface area contributed by atoms with Crippen molar-refractivity contribution < 1.29 is 29.4 Å². The highest BCUT2D eigenvalue weighted by atomic mass is 32.2. The van der Waals surface area contributed by atoms with Gasteiger partial charge < -0.3 is 31.9 Å². The number of nitrogens with one attached hydrogen (secondary N) is 3. The summed E-state index contributed by atoms with van der Waals surface area (Å²) in [6.07, 6.45) is 2.13. The number of hydrogen-bond donors (Lipinski definition) is 6. The molecule has 0 saturated carbocycles. The van der Waals surface area contributed by atoms with Crippen LogP contribution in [-0.4, -0.2) is 76.7 Å². The summed E-state index contributed by atoms with van der Waals surface area (Å²) < 4.78 is 0. The van der Waals surface area contributed by atoms with Crippen LogP contribution >= 0.6 is 11.8 Å². The molecule has 1 aromatic rings. The normalized spacial score (nSPS) is 14.6. The van der Waals surface area contributed by atoms with Crippen molar-refractivity contribution in [1.82, 2.24) is 16.0 Å². The van der Waals surface area contributed by atoms with E-state index in [2.05, 4.69) is 16.0 Å². The smallest absolute Gasteiger partial charge is 0.326 e. The molecule has 33 heavy (non-hydrogen) atoms. The van der Waals surface area contributed by atoms with E-state index in [1.54, 1.807) is 44.2 Å². The fourth-order valence-electron chi connectivity index (χ4n) is 2.86. The van der Waals surface area contributed by atoms with Crippen LogP contribution in [0.2, 0.25) is 0 Å². The maximum Gasteiger partial charge on any atom is 0.326 e. The lowest BCUT2D eigenvalue weighted by Gasteiger charge is -2.25. The molecule has 1 aromatic carbocycles. The Hall–Kier alpha value is -2.63. The van der Waals surface area contributed by atoms with Gasteiger partial charge in [-0.05, 0) is 29.9 Å². The summed E-state index contributed by atoms with van der Waals surface area (Å²) in [5, 5.41) is 26.4. The fourth-order valence-corrected chi connectivity index (χ4v) is 3.33. The average Bonchev–Trinajstić information content (AvgIpc) is 2.79. The van der Waals surface area contributed by atoms with Gasteiger partial charge in [-0.2, -0.15) is 11.8 Å². The molecule has 0 bridgehead atoms. The van der Waals surface area contributed by atoms with E-state index in [0.29, 0.717) is 5.75 Å². The van der Waals surface area contributed by atoms with Crippen molar-refractivity contribution >= 4 is 35.5 Å². The third-order valence-electron chi connectivity index (χ3n) is 4.98. The van der Waals surface area contributed by atoms with Crippen LogP contribution < -0.4 is 21.7 Å². The largest absolute Gasteiger partial charge is 0.480 e. The Bertz CT molecular complexity index is 792. The van der Waals surface area contributed by atoms with Gasteiger partial charge in [-0.3, -0.25) is 14.4 Å². The quantitative estimate of drug-likeness (QED) is 0.206. The van der Waals surface area contributed by atoms with Gasteiger partial charge >= 0.3 is 5.97 Å². The molecule has 0 aromatic heterocycles. The number of rotatable bonds is 14. The third-order valence-corrected chi connectivity index (χ3v) is 5.62. The van der Waals surface area contributed by atoms with Crippen molar-refractivity contribution in [2.24, 2.45) is 11.7 Å². The number of carbonyl (C=O) groups excluding carboxylic acids is 3. The number of carboxylic acid groups (broad SMARTS) is 1. The lowest BCUT2D eigenvalue weighted by Crippen LogP contribution is -2.59. The number of aliphatic hydroxyl groups is 1. The molecular weight excluding hydrogens is 448 g/mol. The maximum atomic E-state index is 12.9. The number of nitrogens with two attached hydrogens (primary N) is 1. The fraction of sp³-hybridized carbons (Fsp3) is 0.545. The summed E-state index contributed by atoms with van der Waals surface area (Å²) in [5.74, 6) is -2.90. The molecule has 1 rings (SSSR count). The lowest BCUT2D eigenvalue weighted by molar-refractivity contribution is -0.142. The first-order valence-electron chi connectivity index (χ1n) is 10.6. The molecule has 0 heterocycles. The van der Waals surface area contributed by atoms with Crippen LogP contribution in [0.15, 0.2) is 30.3 Å². The zero-order valence-electron chi connectivity index (χ0n) is 19.1. The van der Waals surface area contributed by atoms with Crippen molar-refractivity contribution in [3.8, 4) is 0 Å². The number of aliphatic hydroxyl groups excluding tert-OH is 1. The Balaban J connectivity index is 3.00. The first-order chi connectivity index (χ1) is 15.6. The van der Waals surface area contributed by atoms with E-state index in [0.717, 1.165) is 5.56 Å². The van der Waals surface area contributed by atoms with Crippen molar-refractivity contribution in [2.45, 2.75) is 50.9 Å². The predicted molar refractivity (Wildman–Crippen MR) is 126 cm³/mol. The summed E-state index contributed by atoms with van der Waals surface area (Å²) in [5.41, 5.74) is 6.53. The molecule has 0 fully saturated rings. The zero-order chi connectivity index (χ0) is 25.0. The molecule has 0 spiro atoms. The molecule has 3 amide bonds. The van der Waals surface area contributed by atoms with Crippen molar-refractivity contribution in [1.29, 1.82) is 0 Å². The topological polar surface area (TPSA) is 171 Å². The molecule has 0 radical (unpaired) electrons. The van der Waals surface area contributed by atoms with E-state index in [4.69, 9.17) is 5.73 Å². The van der Waals surface area contributed by atoms with Crippen molar-refractivity contribution in [3.63, 3.8) is 0 Å². The van der Waals surface area contributed by atoms with Gasteiger partial charge in [0.2, 0.25) is 17.7 Å².